The Morgan fingerprint density at radius 2 is 1.88 bits per heavy atom. The van der Waals surface area contributed by atoms with Gasteiger partial charge in [-0.1, -0.05) is 29.8 Å². The summed E-state index contributed by atoms with van der Waals surface area (Å²) in [6, 6.07) is 9.90. The van der Waals surface area contributed by atoms with Gasteiger partial charge in [0.1, 0.15) is 5.56 Å². The average Bonchev–Trinajstić information content (AvgIpc) is 2.78. The number of nitrogens with one attached hydrogen (secondary N) is 1. The number of nitro groups is 1. The van der Waals surface area contributed by atoms with Crippen LogP contribution in [0.25, 0.3) is 11.0 Å². The number of aryl methyl sites for hydroxylation is 1. The number of methoxy groups -OCH3 is 1. The zero-order chi connectivity index (χ0) is 24.1. The molecule has 0 aliphatic rings. The maximum Gasteiger partial charge on any atom is 0.349 e. The Kier molecular flexibility index (Phi) is 7.07. The van der Waals surface area contributed by atoms with Crippen molar-refractivity contribution >= 4 is 28.5 Å². The Hall–Kier alpha value is -4.21. The molecular formula is C23H22N2O8. The van der Waals surface area contributed by atoms with Crippen molar-refractivity contribution in [1.82, 2.24) is 5.32 Å². The van der Waals surface area contributed by atoms with Gasteiger partial charge in [0.15, 0.2) is 11.3 Å². The first kappa shape index (κ1) is 23.5. The molecule has 10 nitrogen and oxygen atoms in total. The van der Waals surface area contributed by atoms with Crippen LogP contribution in [0.2, 0.25) is 0 Å². The Bertz CT molecular complexity index is 1260. The third-order valence-corrected chi connectivity index (χ3v) is 4.92. The predicted molar refractivity (Wildman–Crippen MR) is 118 cm³/mol. The van der Waals surface area contributed by atoms with Crippen molar-refractivity contribution < 1.29 is 28.4 Å². The first-order valence-electron chi connectivity index (χ1n) is 10.1. The summed E-state index contributed by atoms with van der Waals surface area (Å²) < 4.78 is 15.3. The summed E-state index contributed by atoms with van der Waals surface area (Å²) in [6.45, 7) is 3.75. The molecule has 0 unspecified atom stereocenters. The van der Waals surface area contributed by atoms with Gasteiger partial charge < -0.3 is 19.2 Å². The van der Waals surface area contributed by atoms with Crippen molar-refractivity contribution in [3.05, 3.63) is 79.7 Å². The number of nitro benzene ring substituents is 1. The van der Waals surface area contributed by atoms with Crippen LogP contribution in [-0.2, 0) is 9.53 Å². The Balaban J connectivity index is 2.00. The minimum Gasteiger partial charge on any atom is -0.493 e. The van der Waals surface area contributed by atoms with Crippen molar-refractivity contribution in [3.8, 4) is 5.75 Å². The highest BCUT2D eigenvalue weighted by Gasteiger charge is 2.24. The van der Waals surface area contributed by atoms with Gasteiger partial charge in [0.25, 0.3) is 11.6 Å². The van der Waals surface area contributed by atoms with Crippen LogP contribution in [0.15, 0.2) is 51.7 Å². The topological polar surface area (TPSA) is 138 Å². The van der Waals surface area contributed by atoms with Crippen LogP contribution in [-0.4, -0.2) is 30.5 Å². The third kappa shape index (κ3) is 5.35. The monoisotopic (exact) mass is 454 g/mol. The van der Waals surface area contributed by atoms with E-state index < -0.39 is 28.5 Å². The van der Waals surface area contributed by atoms with Crippen molar-refractivity contribution in [2.75, 3.05) is 13.7 Å². The van der Waals surface area contributed by atoms with Crippen LogP contribution in [0.4, 0.5) is 5.69 Å². The second-order valence-electron chi connectivity index (χ2n) is 7.22. The molecule has 172 valence electrons. The normalized spacial score (nSPS) is 11.6. The molecule has 3 aromatic rings. The number of hydrogen-bond donors (Lipinski definition) is 1. The lowest BCUT2D eigenvalue weighted by atomic mass is 10.0. The molecule has 0 bridgehead atoms. The van der Waals surface area contributed by atoms with E-state index in [4.69, 9.17) is 13.9 Å². The van der Waals surface area contributed by atoms with Crippen LogP contribution in [0.1, 0.15) is 40.9 Å². The maximum atomic E-state index is 13.0. The van der Waals surface area contributed by atoms with E-state index in [0.29, 0.717) is 5.56 Å². The first-order valence-corrected chi connectivity index (χ1v) is 10.1. The molecule has 0 aliphatic heterocycles. The molecule has 10 heteroatoms. The highest BCUT2D eigenvalue weighted by atomic mass is 16.6. The van der Waals surface area contributed by atoms with Crippen LogP contribution in [0.5, 0.6) is 5.75 Å². The smallest absolute Gasteiger partial charge is 0.349 e. The van der Waals surface area contributed by atoms with Gasteiger partial charge in [-0.15, -0.1) is 0 Å². The van der Waals surface area contributed by atoms with Gasteiger partial charge in [-0.2, -0.15) is 0 Å². The molecule has 1 amide bonds. The second-order valence-corrected chi connectivity index (χ2v) is 7.22. The summed E-state index contributed by atoms with van der Waals surface area (Å²) >= 11 is 0. The lowest BCUT2D eigenvalue weighted by Crippen LogP contribution is -2.33. The maximum absolute atomic E-state index is 13.0. The molecule has 1 heterocycles. The fraction of sp³-hybridized carbons (Fsp3) is 0.261. The average molecular weight is 454 g/mol. The lowest BCUT2D eigenvalue weighted by Gasteiger charge is -2.18. The van der Waals surface area contributed by atoms with E-state index in [1.807, 2.05) is 19.1 Å². The summed E-state index contributed by atoms with van der Waals surface area (Å²) in [4.78, 5) is 48.2. The number of carbonyl (C=O) groups is 2. The largest absolute Gasteiger partial charge is 0.493 e. The van der Waals surface area contributed by atoms with Crippen LogP contribution < -0.4 is 15.7 Å². The molecule has 0 saturated heterocycles. The molecule has 0 saturated carbocycles. The number of rotatable bonds is 8. The van der Waals surface area contributed by atoms with Crippen molar-refractivity contribution in [2.24, 2.45) is 0 Å². The number of esters is 1. The SMILES string of the molecule is CCOC(=O)C[C@@H](NC(=O)c1cc2cc([N+](=O)[O-])cc(OC)c2oc1=O)c1ccc(C)cc1. The molecule has 1 aromatic heterocycles. The lowest BCUT2D eigenvalue weighted by molar-refractivity contribution is -0.384. The van der Waals surface area contributed by atoms with Crippen molar-refractivity contribution in [1.29, 1.82) is 0 Å². The first-order chi connectivity index (χ1) is 15.7. The van der Waals surface area contributed by atoms with Gasteiger partial charge in [0, 0.05) is 11.5 Å². The summed E-state index contributed by atoms with van der Waals surface area (Å²) in [5.41, 5.74) is -0.00205. The highest BCUT2D eigenvalue weighted by Crippen LogP contribution is 2.30. The van der Waals surface area contributed by atoms with E-state index in [9.17, 15) is 24.5 Å². The molecule has 0 spiro atoms. The quantitative estimate of drug-likeness (QED) is 0.236. The number of fused-ring (bicyclic) bond motifs is 1. The summed E-state index contributed by atoms with van der Waals surface area (Å²) in [7, 11) is 1.28. The van der Waals surface area contributed by atoms with E-state index >= 15 is 0 Å². The van der Waals surface area contributed by atoms with Crippen molar-refractivity contribution in [3.63, 3.8) is 0 Å². The molecule has 3 rings (SSSR count). The molecule has 1 atom stereocenters. The van der Waals surface area contributed by atoms with Gasteiger partial charge in [-0.05, 0) is 25.5 Å². The minimum absolute atomic E-state index is 0.0110. The highest BCUT2D eigenvalue weighted by molar-refractivity contribution is 5.98. The third-order valence-electron chi connectivity index (χ3n) is 4.92. The van der Waals surface area contributed by atoms with E-state index in [-0.39, 0.29) is 41.0 Å². The molecule has 0 aliphatic carbocycles. The number of non-ortho nitro benzene ring substituents is 1. The standard InChI is InChI=1S/C23H22N2O8/c1-4-32-20(26)12-18(14-7-5-13(2)6-8-14)24-22(27)17-10-15-9-16(25(29)30)11-19(31-3)21(15)33-23(17)28/h5-11,18H,4,12H2,1-3H3,(H,24,27)/t18-/m1/s1. The number of nitrogens with zero attached hydrogens (tertiary/aromatic N) is 1. The van der Waals surface area contributed by atoms with Gasteiger partial charge >= 0.3 is 11.6 Å². The second kappa shape index (κ2) is 9.94. The van der Waals surface area contributed by atoms with Gasteiger partial charge in [0.2, 0.25) is 0 Å². The Labute approximate surface area is 188 Å². The number of benzene rings is 2. The minimum atomic E-state index is -0.953. The molecule has 0 radical (unpaired) electrons. The fourth-order valence-electron chi connectivity index (χ4n) is 3.28. The number of ether oxygens (including phenoxy) is 2. The van der Waals surface area contributed by atoms with E-state index in [1.54, 1.807) is 19.1 Å². The van der Waals surface area contributed by atoms with Crippen LogP contribution >= 0.6 is 0 Å². The summed E-state index contributed by atoms with van der Waals surface area (Å²) in [6.07, 6.45) is -0.152. The van der Waals surface area contributed by atoms with E-state index in [0.717, 1.165) is 11.6 Å². The van der Waals surface area contributed by atoms with Gasteiger partial charge in [-0.3, -0.25) is 19.7 Å². The van der Waals surface area contributed by atoms with Crippen LogP contribution in [0.3, 0.4) is 0 Å². The fourth-order valence-corrected chi connectivity index (χ4v) is 3.28. The predicted octanol–water partition coefficient (Wildman–Crippen LogP) is 3.44. The zero-order valence-electron chi connectivity index (χ0n) is 18.2. The Morgan fingerprint density at radius 1 is 1.18 bits per heavy atom. The molecule has 1 N–H and O–H groups in total. The molecule has 33 heavy (non-hydrogen) atoms. The van der Waals surface area contributed by atoms with E-state index in [2.05, 4.69) is 5.32 Å². The van der Waals surface area contributed by atoms with Crippen molar-refractivity contribution in [2.45, 2.75) is 26.3 Å². The summed E-state index contributed by atoms with van der Waals surface area (Å²) in [5.74, 6) is -1.33. The number of carbonyl (C=O) groups excluding carboxylic acids is 2. The molecule has 0 fully saturated rings. The zero-order valence-corrected chi connectivity index (χ0v) is 18.2. The molecule has 2 aromatic carbocycles. The Morgan fingerprint density at radius 3 is 2.48 bits per heavy atom. The molecular weight excluding hydrogens is 432 g/mol. The van der Waals surface area contributed by atoms with Crippen LogP contribution in [0, 0.1) is 17.0 Å². The van der Waals surface area contributed by atoms with E-state index in [1.165, 1.54) is 19.2 Å². The number of amides is 1. The van der Waals surface area contributed by atoms with Gasteiger partial charge in [-0.25, -0.2) is 4.79 Å². The summed E-state index contributed by atoms with van der Waals surface area (Å²) in [5, 5.41) is 14.0. The number of hydrogen-bond acceptors (Lipinski definition) is 8. The van der Waals surface area contributed by atoms with Gasteiger partial charge in [0.05, 0.1) is 37.2 Å².